The van der Waals surface area contributed by atoms with Gasteiger partial charge in [-0.25, -0.2) is 17.7 Å². The largest absolute Gasteiger partial charge is 0.390 e. The van der Waals surface area contributed by atoms with Gasteiger partial charge in [0.25, 0.3) is 17.4 Å². The molecule has 0 fully saturated rings. The zero-order valence-electron chi connectivity index (χ0n) is 18.3. The normalized spacial score (nSPS) is 12.6. The molecule has 0 saturated carbocycles. The van der Waals surface area contributed by atoms with Gasteiger partial charge in [-0.05, 0) is 54.3 Å². The summed E-state index contributed by atoms with van der Waals surface area (Å²) in [7, 11) is 0. The van der Waals surface area contributed by atoms with Crippen molar-refractivity contribution in [3.05, 3.63) is 93.3 Å². The van der Waals surface area contributed by atoms with E-state index in [0.717, 1.165) is 41.0 Å². The van der Waals surface area contributed by atoms with Gasteiger partial charge >= 0.3 is 0 Å². The van der Waals surface area contributed by atoms with Crippen LogP contribution in [0.2, 0.25) is 0 Å². The summed E-state index contributed by atoms with van der Waals surface area (Å²) in [5.41, 5.74) is 2.46. The molecule has 1 atom stereocenters. The molecule has 0 saturated heterocycles. The van der Waals surface area contributed by atoms with E-state index in [4.69, 9.17) is 5.11 Å². The van der Waals surface area contributed by atoms with Crippen molar-refractivity contribution in [2.75, 3.05) is 6.61 Å². The number of carbonyl (C=O) groups excluding carboxylic acids is 1. The second kappa shape index (κ2) is 8.79. The van der Waals surface area contributed by atoms with Crippen molar-refractivity contribution < 1.29 is 23.1 Å². The number of aryl methyl sites for hydroxylation is 2. The summed E-state index contributed by atoms with van der Waals surface area (Å²) in [5.74, 6) is -5.36. The number of hydrogen-bond acceptors (Lipinski definition) is 4. The topological polar surface area (TPSA) is 99.5 Å². The molecule has 0 aliphatic heterocycles. The highest BCUT2D eigenvalue weighted by atomic mass is 19.3. The number of aliphatic hydroxyl groups excluding tert-OH is 1. The van der Waals surface area contributed by atoms with E-state index in [9.17, 15) is 22.8 Å². The Labute approximate surface area is 191 Å². The third-order valence-corrected chi connectivity index (χ3v) is 5.63. The van der Waals surface area contributed by atoms with Gasteiger partial charge in [0.2, 0.25) is 0 Å². The zero-order chi connectivity index (χ0) is 24.6. The second-order valence-electron chi connectivity index (χ2n) is 8.03. The number of fused-ring (bicyclic) bond motifs is 1. The van der Waals surface area contributed by atoms with Crippen molar-refractivity contribution in [2.24, 2.45) is 0 Å². The summed E-state index contributed by atoms with van der Waals surface area (Å²) >= 11 is 0. The summed E-state index contributed by atoms with van der Waals surface area (Å²) < 4.78 is 43.3. The molecule has 0 radical (unpaired) electrons. The van der Waals surface area contributed by atoms with Crippen LogP contribution in [0.1, 0.15) is 33.2 Å². The second-order valence-corrected chi connectivity index (χ2v) is 8.03. The molecule has 2 aromatic carbocycles. The van der Waals surface area contributed by atoms with Crippen LogP contribution in [0.3, 0.4) is 0 Å². The number of alkyl halides is 2. The monoisotopic (exact) mass is 470 g/mol. The highest BCUT2D eigenvalue weighted by Crippen LogP contribution is 2.31. The Morgan fingerprint density at radius 3 is 2.50 bits per heavy atom. The standard InChI is InChI=1S/C24H21F3N4O3/c1-13-3-4-16(9-14(13)2)19-11-31-20(23(34)28-19)10-18(30-31)22(33)29-21(24(26,27)12-32)15-5-7-17(25)8-6-15/h3-11,21,32H,12H2,1-2H3,(H,28,34)(H,29,33)/t21-/m1/s1. The highest BCUT2D eigenvalue weighted by molar-refractivity contribution is 5.93. The summed E-state index contributed by atoms with van der Waals surface area (Å²) in [6.07, 6.45) is 1.53. The number of aromatic nitrogens is 3. The lowest BCUT2D eigenvalue weighted by molar-refractivity contribution is -0.0786. The van der Waals surface area contributed by atoms with Crippen LogP contribution in [0.4, 0.5) is 13.2 Å². The quantitative estimate of drug-likeness (QED) is 0.401. The molecule has 0 unspecified atom stereocenters. The first kappa shape index (κ1) is 23.2. The molecule has 7 nitrogen and oxygen atoms in total. The molecule has 0 spiro atoms. The highest BCUT2D eigenvalue weighted by Gasteiger charge is 2.41. The molecule has 176 valence electrons. The Hall–Kier alpha value is -3.92. The van der Waals surface area contributed by atoms with Crippen molar-refractivity contribution in [2.45, 2.75) is 25.8 Å². The Kier molecular flexibility index (Phi) is 6.01. The number of nitrogens with zero attached hydrogens (tertiary/aromatic N) is 2. The lowest BCUT2D eigenvalue weighted by Crippen LogP contribution is -2.43. The van der Waals surface area contributed by atoms with Gasteiger partial charge in [-0.3, -0.25) is 9.59 Å². The van der Waals surface area contributed by atoms with Crippen LogP contribution in [-0.2, 0) is 0 Å². The Morgan fingerprint density at radius 2 is 1.85 bits per heavy atom. The van der Waals surface area contributed by atoms with Gasteiger partial charge < -0.3 is 15.4 Å². The van der Waals surface area contributed by atoms with Gasteiger partial charge in [0.15, 0.2) is 5.69 Å². The van der Waals surface area contributed by atoms with Crippen molar-refractivity contribution in [3.8, 4) is 11.3 Å². The minimum atomic E-state index is -3.74. The number of nitrogens with one attached hydrogen (secondary N) is 2. The first-order valence-corrected chi connectivity index (χ1v) is 10.3. The maximum absolute atomic E-state index is 14.4. The molecule has 10 heteroatoms. The van der Waals surface area contributed by atoms with Crippen LogP contribution in [0.15, 0.2) is 59.5 Å². The average Bonchev–Trinajstić information content (AvgIpc) is 3.25. The number of benzene rings is 2. The van der Waals surface area contributed by atoms with E-state index in [1.165, 1.54) is 16.8 Å². The smallest absolute Gasteiger partial charge is 0.294 e. The van der Waals surface area contributed by atoms with E-state index >= 15 is 0 Å². The SMILES string of the molecule is Cc1ccc(-c2cn3nc(C(=O)N[C@H](c4ccc(F)cc4)C(F)(F)CO)cc3c(=O)[nH]2)cc1C. The number of aromatic amines is 1. The van der Waals surface area contributed by atoms with Gasteiger partial charge in [-0.1, -0.05) is 24.3 Å². The summed E-state index contributed by atoms with van der Waals surface area (Å²) in [6.45, 7) is 2.36. The van der Waals surface area contributed by atoms with Crippen molar-refractivity contribution >= 4 is 11.4 Å². The number of carbonyl (C=O) groups is 1. The van der Waals surface area contributed by atoms with E-state index in [1.807, 2.05) is 32.0 Å². The third kappa shape index (κ3) is 4.44. The number of hydrogen-bond donors (Lipinski definition) is 3. The molecule has 34 heavy (non-hydrogen) atoms. The fraction of sp³-hybridized carbons (Fsp3) is 0.208. The van der Waals surface area contributed by atoms with Gasteiger partial charge in [-0.15, -0.1) is 0 Å². The zero-order valence-corrected chi connectivity index (χ0v) is 18.3. The molecule has 2 aromatic heterocycles. The lowest BCUT2D eigenvalue weighted by Gasteiger charge is -2.26. The van der Waals surface area contributed by atoms with Gasteiger partial charge in [0.05, 0.1) is 11.9 Å². The molecule has 2 heterocycles. The number of aliphatic hydroxyl groups is 1. The van der Waals surface area contributed by atoms with Crippen LogP contribution < -0.4 is 10.9 Å². The van der Waals surface area contributed by atoms with E-state index < -0.39 is 35.9 Å². The molecule has 1 amide bonds. The molecule has 3 N–H and O–H groups in total. The molecule has 0 bridgehead atoms. The maximum atomic E-state index is 14.4. The minimum absolute atomic E-state index is 0.0463. The van der Waals surface area contributed by atoms with E-state index in [0.29, 0.717) is 5.69 Å². The molecular formula is C24H21F3N4O3. The number of rotatable bonds is 6. The first-order chi connectivity index (χ1) is 16.1. The van der Waals surface area contributed by atoms with Gasteiger partial charge in [0.1, 0.15) is 24.0 Å². The van der Waals surface area contributed by atoms with Gasteiger partial charge in [0, 0.05) is 6.07 Å². The summed E-state index contributed by atoms with van der Waals surface area (Å²) in [4.78, 5) is 28.1. The molecule has 0 aliphatic rings. The number of amides is 1. The molecule has 4 aromatic rings. The Bertz CT molecular complexity index is 1430. The fourth-order valence-corrected chi connectivity index (χ4v) is 3.55. The van der Waals surface area contributed by atoms with Crippen molar-refractivity contribution in [1.82, 2.24) is 19.9 Å². The van der Waals surface area contributed by atoms with Crippen LogP contribution in [-0.4, -0.2) is 38.1 Å². The van der Waals surface area contributed by atoms with Crippen LogP contribution in [0, 0.1) is 19.7 Å². The fourth-order valence-electron chi connectivity index (χ4n) is 3.55. The van der Waals surface area contributed by atoms with E-state index in [-0.39, 0.29) is 16.8 Å². The Balaban J connectivity index is 1.69. The van der Waals surface area contributed by atoms with Crippen molar-refractivity contribution in [3.63, 3.8) is 0 Å². The number of halogens is 3. The minimum Gasteiger partial charge on any atom is -0.390 e. The molecule has 0 aliphatic carbocycles. The average molecular weight is 470 g/mol. The third-order valence-electron chi connectivity index (χ3n) is 5.63. The summed E-state index contributed by atoms with van der Waals surface area (Å²) in [5, 5.41) is 15.4. The van der Waals surface area contributed by atoms with Crippen LogP contribution in [0.5, 0.6) is 0 Å². The van der Waals surface area contributed by atoms with E-state index in [1.54, 1.807) is 0 Å². The van der Waals surface area contributed by atoms with Crippen molar-refractivity contribution in [1.29, 1.82) is 0 Å². The predicted molar refractivity (Wildman–Crippen MR) is 119 cm³/mol. The number of H-pyrrole nitrogens is 1. The summed E-state index contributed by atoms with van der Waals surface area (Å²) in [6, 6.07) is 9.00. The molecular weight excluding hydrogens is 449 g/mol. The predicted octanol–water partition coefficient (Wildman–Crippen LogP) is 3.54. The lowest BCUT2D eigenvalue weighted by atomic mass is 10.0. The first-order valence-electron chi connectivity index (χ1n) is 10.3. The molecule has 4 rings (SSSR count). The Morgan fingerprint density at radius 1 is 1.15 bits per heavy atom. The van der Waals surface area contributed by atoms with Gasteiger partial charge in [-0.2, -0.15) is 5.10 Å². The van der Waals surface area contributed by atoms with Crippen LogP contribution >= 0.6 is 0 Å². The maximum Gasteiger partial charge on any atom is 0.294 e. The van der Waals surface area contributed by atoms with E-state index in [2.05, 4.69) is 15.4 Å². The van der Waals surface area contributed by atoms with Crippen LogP contribution in [0.25, 0.3) is 16.8 Å².